The molecule has 0 aliphatic carbocycles. The van der Waals surface area contributed by atoms with Gasteiger partial charge in [-0.15, -0.1) is 0 Å². The zero-order valence-corrected chi connectivity index (χ0v) is 12.8. The highest BCUT2D eigenvalue weighted by Gasteiger charge is 2.22. The molecule has 0 aliphatic rings. The van der Waals surface area contributed by atoms with Crippen molar-refractivity contribution in [1.29, 1.82) is 0 Å². The van der Waals surface area contributed by atoms with Crippen molar-refractivity contribution in [2.45, 2.75) is 33.2 Å². The van der Waals surface area contributed by atoms with Crippen molar-refractivity contribution in [3.05, 3.63) is 57.5 Å². The van der Waals surface area contributed by atoms with Gasteiger partial charge in [0.2, 0.25) is 0 Å². The molecule has 20 heavy (non-hydrogen) atoms. The Morgan fingerprint density at radius 3 is 2.15 bits per heavy atom. The molecule has 1 heterocycles. The molecule has 2 aromatic rings. The number of halogens is 1. The van der Waals surface area contributed by atoms with Crippen molar-refractivity contribution in [2.24, 2.45) is 0 Å². The van der Waals surface area contributed by atoms with Gasteiger partial charge in [0.1, 0.15) is 5.02 Å². The normalized spacial score (nSPS) is 10.7. The maximum Gasteiger partial charge on any atom is 0.297 e. The third kappa shape index (κ3) is 4.10. The molecule has 0 unspecified atom stereocenters. The second-order valence-corrected chi connectivity index (χ2v) is 5.58. The molecule has 1 N–H and O–H groups in total. The van der Waals surface area contributed by atoms with Crippen LogP contribution in [0.2, 0.25) is 5.02 Å². The second kappa shape index (κ2) is 6.57. The zero-order valence-electron chi connectivity index (χ0n) is 12.0. The summed E-state index contributed by atoms with van der Waals surface area (Å²) in [5.74, 6) is 0. The smallest absolute Gasteiger partial charge is 0.297 e. The Morgan fingerprint density at radius 1 is 1.25 bits per heavy atom. The lowest BCUT2D eigenvalue weighted by molar-refractivity contribution is 0.298. The van der Waals surface area contributed by atoms with Crippen molar-refractivity contribution in [1.82, 2.24) is 9.55 Å². The molecule has 1 aromatic heterocycles. The molecule has 0 amide bonds. The van der Waals surface area contributed by atoms with E-state index in [0.717, 1.165) is 0 Å². The number of hydrogen-bond acceptors (Lipinski definition) is 3. The fourth-order valence-electron chi connectivity index (χ4n) is 1.54. The van der Waals surface area contributed by atoms with Crippen LogP contribution in [0.4, 0.5) is 0 Å². The quantitative estimate of drug-likeness (QED) is 0.812. The monoisotopic (exact) mass is 293 g/mol. The molecule has 4 nitrogen and oxygen atoms in total. The van der Waals surface area contributed by atoms with E-state index in [1.165, 1.54) is 4.57 Å². The summed E-state index contributed by atoms with van der Waals surface area (Å²) in [5.41, 5.74) is -0.607. The molecule has 0 saturated heterocycles. The zero-order chi connectivity index (χ0) is 15.3. The molecular weight excluding hydrogens is 276 g/mol. The summed E-state index contributed by atoms with van der Waals surface area (Å²) in [7, 11) is 0. The van der Waals surface area contributed by atoms with Crippen LogP contribution in [-0.2, 0) is 5.54 Å². The molecule has 0 fully saturated rings. The van der Waals surface area contributed by atoms with Crippen LogP contribution in [0.15, 0.2) is 35.1 Å². The number of rotatable bonds is 0. The van der Waals surface area contributed by atoms with Crippen LogP contribution in [0.25, 0.3) is 0 Å². The van der Waals surface area contributed by atoms with Crippen molar-refractivity contribution in [2.75, 3.05) is 0 Å². The van der Waals surface area contributed by atoms with E-state index in [1.807, 2.05) is 30.3 Å². The summed E-state index contributed by atoms with van der Waals surface area (Å²) in [6.07, 6.45) is 0. The molecule has 0 aliphatic heterocycles. The summed E-state index contributed by atoms with van der Waals surface area (Å²) in [6.45, 7) is 6.96. The van der Waals surface area contributed by atoms with E-state index in [9.17, 15) is 9.90 Å². The lowest BCUT2D eigenvalue weighted by atomic mass is 10.1. The molecule has 0 bridgehead atoms. The topological polar surface area (TPSA) is 55.1 Å². The van der Waals surface area contributed by atoms with Crippen molar-refractivity contribution in [3.63, 3.8) is 0 Å². The standard InChI is InChI=1S/C9H13ClN2O2.C6H5/c1-5-6(10)7(13)12(8(14)11-5)9(2,3)4;1-2-4-6-5-3-1/h1-4H3,(H,11,14);1-5H. The molecular formula is C15H18ClN2O2. The van der Waals surface area contributed by atoms with Gasteiger partial charge in [0.25, 0.3) is 11.6 Å². The molecule has 0 atom stereocenters. The van der Waals surface area contributed by atoms with Crippen molar-refractivity contribution in [3.8, 4) is 6.01 Å². The largest absolute Gasteiger partial charge is 0.480 e. The Labute approximate surface area is 123 Å². The maximum absolute atomic E-state index is 11.7. The van der Waals surface area contributed by atoms with Gasteiger partial charge < -0.3 is 5.11 Å². The number of hydrogen-bond donors (Lipinski definition) is 1. The van der Waals surface area contributed by atoms with Gasteiger partial charge in [0.05, 0.1) is 5.69 Å². The van der Waals surface area contributed by atoms with E-state index < -0.39 is 11.1 Å². The van der Waals surface area contributed by atoms with Crippen LogP contribution in [0.1, 0.15) is 26.5 Å². The van der Waals surface area contributed by atoms with Crippen LogP contribution in [0.3, 0.4) is 0 Å². The molecule has 1 radical (unpaired) electrons. The molecule has 0 saturated carbocycles. The SMILES string of the molecule is Cc1nc(O)n(C(C)(C)C)c(=O)c1Cl.[c]1ccccc1. The minimum Gasteiger partial charge on any atom is -0.480 e. The van der Waals surface area contributed by atoms with Crippen molar-refractivity contribution < 1.29 is 5.11 Å². The Hall–Kier alpha value is -1.81. The van der Waals surface area contributed by atoms with Gasteiger partial charge in [-0.25, -0.2) is 4.98 Å². The van der Waals surface area contributed by atoms with E-state index in [0.29, 0.717) is 5.69 Å². The van der Waals surface area contributed by atoms with Crippen molar-refractivity contribution >= 4 is 11.6 Å². The summed E-state index contributed by atoms with van der Waals surface area (Å²) < 4.78 is 1.17. The average Bonchev–Trinajstić information content (AvgIpc) is 2.37. The number of nitrogens with zero attached hydrogens (tertiary/aromatic N) is 2. The highest BCUT2D eigenvalue weighted by Crippen LogP contribution is 2.19. The molecule has 0 spiro atoms. The Kier molecular flexibility index (Phi) is 5.34. The Balaban J connectivity index is 0.000000276. The van der Waals surface area contributed by atoms with Crippen LogP contribution < -0.4 is 5.56 Å². The van der Waals surface area contributed by atoms with E-state index in [2.05, 4.69) is 11.1 Å². The van der Waals surface area contributed by atoms with E-state index in [1.54, 1.807) is 27.7 Å². The fraction of sp³-hybridized carbons (Fsp3) is 0.333. The van der Waals surface area contributed by atoms with Crippen LogP contribution >= 0.6 is 11.6 Å². The summed E-state index contributed by atoms with van der Waals surface area (Å²) in [4.78, 5) is 15.5. The number of aromatic nitrogens is 2. The first kappa shape index (κ1) is 16.2. The van der Waals surface area contributed by atoms with E-state index in [-0.39, 0.29) is 11.0 Å². The first-order valence-corrected chi connectivity index (χ1v) is 6.52. The van der Waals surface area contributed by atoms with Crippen LogP contribution in [-0.4, -0.2) is 14.7 Å². The minimum absolute atomic E-state index is 0.0534. The first-order valence-electron chi connectivity index (χ1n) is 6.15. The minimum atomic E-state index is -0.536. The highest BCUT2D eigenvalue weighted by atomic mass is 35.5. The molecule has 1 aromatic carbocycles. The summed E-state index contributed by atoms with van der Waals surface area (Å²) in [5, 5.41) is 9.58. The Bertz CT molecular complexity index is 590. The molecule has 2 rings (SSSR count). The average molecular weight is 294 g/mol. The predicted octanol–water partition coefficient (Wildman–Crippen LogP) is 3.15. The summed E-state index contributed by atoms with van der Waals surface area (Å²) in [6, 6.07) is 12.2. The van der Waals surface area contributed by atoms with Crippen LogP contribution in [0, 0.1) is 13.0 Å². The van der Waals surface area contributed by atoms with Gasteiger partial charge in [-0.3, -0.25) is 9.36 Å². The van der Waals surface area contributed by atoms with E-state index >= 15 is 0 Å². The fourth-order valence-corrected chi connectivity index (χ4v) is 1.67. The van der Waals surface area contributed by atoms with Gasteiger partial charge in [0, 0.05) is 5.54 Å². The highest BCUT2D eigenvalue weighted by molar-refractivity contribution is 6.30. The number of aromatic hydroxyl groups is 1. The van der Waals surface area contributed by atoms with Gasteiger partial charge in [0.15, 0.2) is 0 Å². The molecule has 5 heteroatoms. The van der Waals surface area contributed by atoms with Gasteiger partial charge in [-0.2, -0.15) is 0 Å². The summed E-state index contributed by atoms with van der Waals surface area (Å²) >= 11 is 5.75. The lowest BCUT2D eigenvalue weighted by Gasteiger charge is -2.23. The third-order valence-corrected chi connectivity index (χ3v) is 2.89. The van der Waals surface area contributed by atoms with Gasteiger partial charge in [-0.05, 0) is 33.8 Å². The third-order valence-electron chi connectivity index (χ3n) is 2.45. The predicted molar refractivity (Wildman–Crippen MR) is 80.2 cm³/mol. The van der Waals surface area contributed by atoms with Gasteiger partial charge >= 0.3 is 0 Å². The maximum atomic E-state index is 11.7. The lowest BCUT2D eigenvalue weighted by Crippen LogP contribution is -2.34. The second-order valence-electron chi connectivity index (χ2n) is 5.20. The number of benzene rings is 1. The Morgan fingerprint density at radius 2 is 1.80 bits per heavy atom. The van der Waals surface area contributed by atoms with Crippen LogP contribution in [0.5, 0.6) is 6.01 Å². The first-order chi connectivity index (χ1) is 9.25. The number of aryl methyl sites for hydroxylation is 1. The van der Waals surface area contributed by atoms with Gasteiger partial charge in [-0.1, -0.05) is 41.9 Å². The molecule has 107 valence electrons. The van der Waals surface area contributed by atoms with E-state index in [4.69, 9.17) is 11.6 Å².